The molecule has 2 amide bonds. The monoisotopic (exact) mass is 538 g/mol. The van der Waals surface area contributed by atoms with Crippen molar-refractivity contribution in [1.29, 1.82) is 0 Å². The van der Waals surface area contributed by atoms with Crippen LogP contribution in [0.1, 0.15) is 46.0 Å². The summed E-state index contributed by atoms with van der Waals surface area (Å²) >= 11 is 0.835. The molecule has 35 heavy (non-hydrogen) atoms. The molecule has 1 saturated heterocycles. The first-order chi connectivity index (χ1) is 16.3. The molecule has 15 heteroatoms. The first-order valence-electron chi connectivity index (χ1n) is 10.7. The number of ether oxygens (including phenoxy) is 1. The SMILES string of the molecule is COC(=O)CCC(=O)CC(=O)CC(=O)SCCNC(=O)CCNC(=O)[C@@H]1OP(=O)(O)OCC1(C)C. The molecule has 1 fully saturated rings. The lowest BCUT2D eigenvalue weighted by Crippen LogP contribution is -2.49. The van der Waals surface area contributed by atoms with E-state index in [2.05, 4.69) is 15.4 Å². The lowest BCUT2D eigenvalue weighted by Gasteiger charge is -2.38. The number of phosphoric acid groups is 1. The number of hydrogen-bond donors (Lipinski definition) is 3. The number of phosphoric ester groups is 1. The molecule has 198 valence electrons. The second-order valence-electron chi connectivity index (χ2n) is 8.33. The third-order valence-corrected chi connectivity index (χ3v) is 6.50. The third kappa shape index (κ3) is 12.4. The van der Waals surface area contributed by atoms with E-state index in [1.54, 1.807) is 13.8 Å². The van der Waals surface area contributed by atoms with Crippen molar-refractivity contribution < 1.29 is 52.0 Å². The molecule has 0 saturated carbocycles. The molecule has 1 aliphatic heterocycles. The summed E-state index contributed by atoms with van der Waals surface area (Å²) in [6, 6.07) is 0. The zero-order valence-corrected chi connectivity index (χ0v) is 21.5. The lowest BCUT2D eigenvalue weighted by atomic mass is 9.87. The molecule has 0 spiro atoms. The molecule has 0 aliphatic carbocycles. The average molecular weight is 539 g/mol. The Morgan fingerprint density at radius 1 is 1.03 bits per heavy atom. The van der Waals surface area contributed by atoms with Gasteiger partial charge in [-0.25, -0.2) is 4.57 Å². The van der Waals surface area contributed by atoms with Gasteiger partial charge in [0.2, 0.25) is 11.8 Å². The average Bonchev–Trinajstić information content (AvgIpc) is 2.76. The number of rotatable bonds is 14. The summed E-state index contributed by atoms with van der Waals surface area (Å²) in [6.07, 6.45) is -2.41. The molecule has 2 atom stereocenters. The maximum atomic E-state index is 12.3. The molecule has 0 radical (unpaired) electrons. The van der Waals surface area contributed by atoms with Gasteiger partial charge in [-0.05, 0) is 0 Å². The van der Waals surface area contributed by atoms with Crippen molar-refractivity contribution in [2.24, 2.45) is 5.41 Å². The highest BCUT2D eigenvalue weighted by Gasteiger charge is 2.47. The predicted molar refractivity (Wildman–Crippen MR) is 123 cm³/mol. The second-order valence-corrected chi connectivity index (χ2v) is 10.9. The van der Waals surface area contributed by atoms with Gasteiger partial charge in [-0.3, -0.25) is 37.8 Å². The van der Waals surface area contributed by atoms with Crippen LogP contribution in [0.15, 0.2) is 0 Å². The number of ketones is 2. The third-order valence-electron chi connectivity index (χ3n) is 4.70. The van der Waals surface area contributed by atoms with Crippen molar-refractivity contribution in [2.75, 3.05) is 32.6 Å². The van der Waals surface area contributed by atoms with Crippen LogP contribution >= 0.6 is 19.6 Å². The van der Waals surface area contributed by atoms with Gasteiger partial charge < -0.3 is 20.3 Å². The van der Waals surface area contributed by atoms with Gasteiger partial charge in [0, 0.05) is 37.1 Å². The van der Waals surface area contributed by atoms with Gasteiger partial charge >= 0.3 is 13.8 Å². The summed E-state index contributed by atoms with van der Waals surface area (Å²) in [4.78, 5) is 79.8. The fourth-order valence-corrected chi connectivity index (χ4v) is 4.69. The number of thioether (sulfide) groups is 1. The second kappa shape index (κ2) is 14.4. The van der Waals surface area contributed by atoms with Crippen molar-refractivity contribution in [3.8, 4) is 0 Å². The molecular formula is C20H31N2O11PS. The van der Waals surface area contributed by atoms with E-state index in [0.717, 1.165) is 11.8 Å². The van der Waals surface area contributed by atoms with Crippen LogP contribution in [-0.4, -0.2) is 78.0 Å². The molecule has 0 aromatic carbocycles. The Balaban J connectivity index is 2.20. The van der Waals surface area contributed by atoms with Crippen LogP contribution in [0, 0.1) is 5.41 Å². The van der Waals surface area contributed by atoms with Gasteiger partial charge in [0.15, 0.2) is 11.2 Å². The number of carbonyl (C=O) groups excluding carboxylic acids is 6. The Bertz CT molecular complexity index is 877. The van der Waals surface area contributed by atoms with Crippen molar-refractivity contribution in [3.63, 3.8) is 0 Å². The first-order valence-corrected chi connectivity index (χ1v) is 13.2. The van der Waals surface area contributed by atoms with Gasteiger partial charge in [-0.2, -0.15) is 0 Å². The quantitative estimate of drug-likeness (QED) is 0.119. The van der Waals surface area contributed by atoms with Gasteiger partial charge in [-0.1, -0.05) is 25.6 Å². The molecule has 1 heterocycles. The highest BCUT2D eigenvalue weighted by molar-refractivity contribution is 8.13. The van der Waals surface area contributed by atoms with Crippen LogP contribution in [0.4, 0.5) is 0 Å². The van der Waals surface area contributed by atoms with E-state index in [1.807, 2.05) is 0 Å². The Hall–Kier alpha value is -2.12. The fraction of sp³-hybridized carbons (Fsp3) is 0.700. The minimum atomic E-state index is -4.30. The lowest BCUT2D eigenvalue weighted by molar-refractivity contribution is -0.142. The molecule has 3 N–H and O–H groups in total. The summed E-state index contributed by atoms with van der Waals surface area (Å²) < 4.78 is 25.5. The van der Waals surface area contributed by atoms with Crippen LogP contribution in [-0.2, 0) is 47.1 Å². The zero-order chi connectivity index (χ0) is 26.6. The van der Waals surface area contributed by atoms with Crippen molar-refractivity contribution in [3.05, 3.63) is 0 Å². The van der Waals surface area contributed by atoms with Gasteiger partial charge in [0.05, 0.1) is 33.0 Å². The molecule has 1 unspecified atom stereocenters. The number of carbonyl (C=O) groups is 6. The maximum absolute atomic E-state index is 12.3. The Kier molecular flexibility index (Phi) is 12.8. The standard InChI is InChI=1S/C20H31N2O11PS/c1-20(2)12-32-34(29,30)33-18(20)19(28)22-7-6-15(25)21-8-9-35-17(27)11-14(24)10-13(23)4-5-16(26)31-3/h18H,4-12H2,1-3H3,(H,21,25)(H,22,28)(H,29,30)/t18-/m0/s1. The van der Waals surface area contributed by atoms with Crippen LogP contribution in [0.3, 0.4) is 0 Å². The van der Waals surface area contributed by atoms with E-state index in [9.17, 15) is 38.2 Å². The smallest absolute Gasteiger partial charge is 0.469 e. The summed E-state index contributed by atoms with van der Waals surface area (Å²) in [6.45, 7) is 3.23. The van der Waals surface area contributed by atoms with Crippen molar-refractivity contribution >= 4 is 54.1 Å². The normalized spacial score (nSPS) is 21.0. The molecule has 0 aromatic rings. The maximum Gasteiger partial charge on any atom is 0.472 e. The van der Waals surface area contributed by atoms with Crippen molar-refractivity contribution in [2.45, 2.75) is 52.1 Å². The minimum Gasteiger partial charge on any atom is -0.469 e. The van der Waals surface area contributed by atoms with E-state index in [0.29, 0.717) is 0 Å². The van der Waals surface area contributed by atoms with Crippen LogP contribution in [0.5, 0.6) is 0 Å². The van der Waals surface area contributed by atoms with E-state index >= 15 is 0 Å². The topological polar surface area (TPSA) is 191 Å². The fourth-order valence-electron chi connectivity index (χ4n) is 2.79. The molecule has 1 aliphatic rings. The number of esters is 1. The summed E-state index contributed by atoms with van der Waals surface area (Å²) in [7, 11) is -3.11. The van der Waals surface area contributed by atoms with Crippen LogP contribution in [0.2, 0.25) is 0 Å². The summed E-state index contributed by atoms with van der Waals surface area (Å²) in [5.41, 5.74) is -0.843. The van der Waals surface area contributed by atoms with E-state index in [-0.39, 0.29) is 44.7 Å². The van der Waals surface area contributed by atoms with Gasteiger partial charge in [0.25, 0.3) is 0 Å². The molecule has 0 aromatic heterocycles. The Morgan fingerprint density at radius 2 is 1.71 bits per heavy atom. The van der Waals surface area contributed by atoms with Crippen molar-refractivity contribution in [1.82, 2.24) is 10.6 Å². The minimum absolute atomic E-state index is 0.0399. The summed E-state index contributed by atoms with van der Waals surface area (Å²) in [5.74, 6) is -2.39. The Morgan fingerprint density at radius 3 is 2.37 bits per heavy atom. The van der Waals surface area contributed by atoms with Gasteiger partial charge in [0.1, 0.15) is 11.6 Å². The molecule has 0 bridgehead atoms. The number of hydrogen-bond acceptors (Lipinski definition) is 11. The van der Waals surface area contributed by atoms with Crippen LogP contribution in [0.25, 0.3) is 0 Å². The molecule has 13 nitrogen and oxygen atoms in total. The molecular weight excluding hydrogens is 507 g/mol. The van der Waals surface area contributed by atoms with E-state index in [1.165, 1.54) is 7.11 Å². The Labute approximate surface area is 207 Å². The summed E-state index contributed by atoms with van der Waals surface area (Å²) in [5, 5.41) is 4.59. The number of methoxy groups -OCH3 is 1. The van der Waals surface area contributed by atoms with E-state index < -0.39 is 66.6 Å². The number of nitrogens with one attached hydrogen (secondary N) is 2. The first kappa shape index (κ1) is 30.9. The van der Waals surface area contributed by atoms with Gasteiger partial charge in [-0.15, -0.1) is 0 Å². The highest BCUT2D eigenvalue weighted by Crippen LogP contribution is 2.52. The number of Topliss-reactive ketones (excluding diaryl/α,β-unsaturated/α-hetero) is 2. The highest BCUT2D eigenvalue weighted by atomic mass is 32.2. The largest absolute Gasteiger partial charge is 0.472 e. The van der Waals surface area contributed by atoms with E-state index in [4.69, 9.17) is 9.05 Å². The number of amides is 2. The zero-order valence-electron chi connectivity index (χ0n) is 19.8. The predicted octanol–water partition coefficient (Wildman–Crippen LogP) is 0.282. The van der Waals surface area contributed by atoms with Crippen LogP contribution < -0.4 is 10.6 Å². The molecule has 1 rings (SSSR count).